The molecule has 0 fully saturated rings. The van der Waals surface area contributed by atoms with Crippen molar-refractivity contribution in [2.24, 2.45) is 5.16 Å². The molecule has 3 rings (SSSR count). The van der Waals surface area contributed by atoms with E-state index in [1.807, 2.05) is 30.3 Å². The van der Waals surface area contributed by atoms with Crippen LogP contribution in [0.25, 0.3) is 0 Å². The van der Waals surface area contributed by atoms with Gasteiger partial charge in [-0.3, -0.25) is 0 Å². The van der Waals surface area contributed by atoms with Crippen LogP contribution in [0.4, 0.5) is 0 Å². The number of ether oxygens (including phenoxy) is 1. The first-order valence-electron chi connectivity index (χ1n) is 8.44. The number of carbonyl (C=O) groups excluding carboxylic acids is 1. The SMILES string of the molecule is COc1ccc2c(c1)CC/C2=N\OC(=O)c1ccc(C(C)(C)C)cc1. The van der Waals surface area contributed by atoms with Crippen LogP contribution >= 0.6 is 0 Å². The van der Waals surface area contributed by atoms with Crippen molar-refractivity contribution < 1.29 is 14.4 Å². The third kappa shape index (κ3) is 3.73. The van der Waals surface area contributed by atoms with E-state index in [4.69, 9.17) is 9.57 Å². The molecular formula is C21H23NO3. The molecule has 2 aromatic rings. The average Bonchev–Trinajstić information content (AvgIpc) is 3.01. The lowest BCUT2D eigenvalue weighted by Gasteiger charge is -2.18. The Hall–Kier alpha value is -2.62. The second-order valence-corrected chi connectivity index (χ2v) is 7.27. The van der Waals surface area contributed by atoms with Crippen LogP contribution in [0, 0.1) is 0 Å². The Labute approximate surface area is 148 Å². The highest BCUT2D eigenvalue weighted by Crippen LogP contribution is 2.27. The maximum Gasteiger partial charge on any atom is 0.365 e. The summed E-state index contributed by atoms with van der Waals surface area (Å²) in [4.78, 5) is 17.4. The van der Waals surface area contributed by atoms with Crippen molar-refractivity contribution in [3.63, 3.8) is 0 Å². The van der Waals surface area contributed by atoms with E-state index in [2.05, 4.69) is 25.9 Å². The number of methoxy groups -OCH3 is 1. The molecular weight excluding hydrogens is 314 g/mol. The van der Waals surface area contributed by atoms with Crippen LogP contribution in [-0.2, 0) is 16.7 Å². The second-order valence-electron chi connectivity index (χ2n) is 7.27. The van der Waals surface area contributed by atoms with E-state index in [9.17, 15) is 4.79 Å². The van der Waals surface area contributed by atoms with Crippen LogP contribution in [0.15, 0.2) is 47.6 Å². The molecule has 0 bridgehead atoms. The number of benzene rings is 2. The maximum atomic E-state index is 12.2. The summed E-state index contributed by atoms with van der Waals surface area (Å²) in [5, 5.41) is 4.09. The standard InChI is InChI=1S/C21H23NO3/c1-21(2,3)16-8-5-14(6-9-16)20(23)25-22-19-12-7-15-13-17(24-4)10-11-18(15)19/h5-6,8-11,13H,7,12H2,1-4H3/b22-19+. The molecule has 4 nitrogen and oxygen atoms in total. The minimum absolute atomic E-state index is 0.0529. The summed E-state index contributed by atoms with van der Waals surface area (Å²) >= 11 is 0. The van der Waals surface area contributed by atoms with Gasteiger partial charge in [0.25, 0.3) is 0 Å². The fraction of sp³-hybridized carbons (Fsp3) is 0.333. The topological polar surface area (TPSA) is 47.9 Å². The zero-order valence-electron chi connectivity index (χ0n) is 15.1. The van der Waals surface area contributed by atoms with E-state index in [0.717, 1.165) is 29.9 Å². The Kier molecular flexibility index (Phi) is 4.62. The molecule has 1 aliphatic carbocycles. The highest BCUT2D eigenvalue weighted by atomic mass is 16.7. The molecule has 0 saturated heterocycles. The Morgan fingerprint density at radius 1 is 1.04 bits per heavy atom. The number of hydrogen-bond donors (Lipinski definition) is 0. The number of nitrogens with zero attached hydrogens (tertiary/aromatic N) is 1. The van der Waals surface area contributed by atoms with E-state index in [1.54, 1.807) is 19.2 Å². The lowest BCUT2D eigenvalue weighted by molar-refractivity contribution is 0.0516. The molecule has 25 heavy (non-hydrogen) atoms. The highest BCUT2D eigenvalue weighted by molar-refractivity contribution is 6.04. The number of carbonyl (C=O) groups is 1. The summed E-state index contributed by atoms with van der Waals surface area (Å²) in [6.45, 7) is 6.41. The molecule has 0 aromatic heterocycles. The van der Waals surface area contributed by atoms with Crippen molar-refractivity contribution in [2.75, 3.05) is 7.11 Å². The van der Waals surface area contributed by atoms with E-state index in [1.165, 1.54) is 11.1 Å². The summed E-state index contributed by atoms with van der Waals surface area (Å²) in [6, 6.07) is 13.4. The van der Waals surface area contributed by atoms with E-state index in [0.29, 0.717) is 5.56 Å². The quantitative estimate of drug-likeness (QED) is 0.612. The van der Waals surface area contributed by atoms with E-state index < -0.39 is 5.97 Å². The molecule has 0 amide bonds. The predicted octanol–water partition coefficient (Wildman–Crippen LogP) is 4.50. The van der Waals surface area contributed by atoms with Gasteiger partial charge in [0.1, 0.15) is 5.75 Å². The second kappa shape index (κ2) is 6.71. The van der Waals surface area contributed by atoms with Crippen LogP contribution in [0.2, 0.25) is 0 Å². The third-order valence-electron chi connectivity index (χ3n) is 4.48. The average molecular weight is 337 g/mol. The van der Waals surface area contributed by atoms with Gasteiger partial charge >= 0.3 is 5.97 Å². The molecule has 0 unspecified atom stereocenters. The molecule has 0 saturated carbocycles. The van der Waals surface area contributed by atoms with Gasteiger partial charge in [0.05, 0.1) is 18.4 Å². The van der Waals surface area contributed by atoms with Gasteiger partial charge < -0.3 is 9.57 Å². The third-order valence-corrected chi connectivity index (χ3v) is 4.48. The van der Waals surface area contributed by atoms with Crippen molar-refractivity contribution >= 4 is 11.7 Å². The first kappa shape index (κ1) is 17.2. The molecule has 0 N–H and O–H groups in total. The van der Waals surface area contributed by atoms with E-state index >= 15 is 0 Å². The van der Waals surface area contributed by atoms with Crippen LogP contribution in [-0.4, -0.2) is 18.8 Å². The van der Waals surface area contributed by atoms with Gasteiger partial charge in [-0.25, -0.2) is 4.79 Å². The van der Waals surface area contributed by atoms with Crippen LogP contribution in [0.5, 0.6) is 5.75 Å². The molecule has 0 radical (unpaired) electrons. The smallest absolute Gasteiger partial charge is 0.365 e. The Morgan fingerprint density at radius 3 is 2.40 bits per heavy atom. The lowest BCUT2D eigenvalue weighted by Crippen LogP contribution is -2.11. The number of oxime groups is 1. The summed E-state index contributed by atoms with van der Waals surface area (Å²) < 4.78 is 5.24. The minimum atomic E-state index is -0.435. The molecule has 0 heterocycles. The van der Waals surface area contributed by atoms with Gasteiger partial charge in [-0.15, -0.1) is 0 Å². The van der Waals surface area contributed by atoms with Gasteiger partial charge in [0, 0.05) is 5.56 Å². The largest absolute Gasteiger partial charge is 0.497 e. The first-order valence-corrected chi connectivity index (χ1v) is 8.44. The van der Waals surface area contributed by atoms with Gasteiger partial charge in [0.15, 0.2) is 0 Å². The molecule has 4 heteroatoms. The molecule has 0 atom stereocenters. The predicted molar refractivity (Wildman–Crippen MR) is 98.4 cm³/mol. The maximum absolute atomic E-state index is 12.2. The van der Waals surface area contributed by atoms with Crippen molar-refractivity contribution in [3.05, 3.63) is 64.7 Å². The minimum Gasteiger partial charge on any atom is -0.497 e. The van der Waals surface area contributed by atoms with E-state index in [-0.39, 0.29) is 5.41 Å². The lowest BCUT2D eigenvalue weighted by atomic mass is 9.87. The fourth-order valence-electron chi connectivity index (χ4n) is 2.92. The van der Waals surface area contributed by atoms with Crippen LogP contribution < -0.4 is 4.74 Å². The Bertz CT molecular complexity index is 814. The van der Waals surface area contributed by atoms with Crippen LogP contribution in [0.1, 0.15) is 54.2 Å². The van der Waals surface area contributed by atoms with Crippen molar-refractivity contribution in [3.8, 4) is 5.75 Å². The van der Waals surface area contributed by atoms with Gasteiger partial charge in [-0.1, -0.05) is 38.1 Å². The number of fused-ring (bicyclic) bond motifs is 1. The number of hydrogen-bond acceptors (Lipinski definition) is 4. The summed E-state index contributed by atoms with van der Waals surface area (Å²) in [6.07, 6.45) is 1.64. The molecule has 130 valence electrons. The van der Waals surface area contributed by atoms with Crippen molar-refractivity contribution in [2.45, 2.75) is 39.0 Å². The first-order chi connectivity index (χ1) is 11.9. The molecule has 2 aromatic carbocycles. The summed E-state index contributed by atoms with van der Waals surface area (Å²) in [5.74, 6) is 0.394. The fourth-order valence-corrected chi connectivity index (χ4v) is 2.92. The van der Waals surface area contributed by atoms with Crippen LogP contribution in [0.3, 0.4) is 0 Å². The number of aryl methyl sites for hydroxylation is 1. The van der Waals surface area contributed by atoms with Gasteiger partial charge in [-0.05, 0) is 59.7 Å². The normalized spacial score (nSPS) is 15.1. The monoisotopic (exact) mass is 337 g/mol. The molecule has 0 spiro atoms. The highest BCUT2D eigenvalue weighted by Gasteiger charge is 2.20. The summed E-state index contributed by atoms with van der Waals surface area (Å²) in [5.41, 5.74) is 4.73. The number of rotatable bonds is 3. The van der Waals surface area contributed by atoms with Gasteiger partial charge in [0.2, 0.25) is 0 Å². The zero-order chi connectivity index (χ0) is 18.0. The molecule has 1 aliphatic rings. The zero-order valence-corrected chi connectivity index (χ0v) is 15.1. The Morgan fingerprint density at radius 2 is 1.76 bits per heavy atom. The van der Waals surface area contributed by atoms with Gasteiger partial charge in [-0.2, -0.15) is 0 Å². The van der Waals surface area contributed by atoms with Crippen molar-refractivity contribution in [1.82, 2.24) is 0 Å². The molecule has 0 aliphatic heterocycles. The Balaban J connectivity index is 1.72. The van der Waals surface area contributed by atoms with Crippen molar-refractivity contribution in [1.29, 1.82) is 0 Å². The summed E-state index contributed by atoms with van der Waals surface area (Å²) in [7, 11) is 1.65.